The maximum absolute atomic E-state index is 12.4. The Morgan fingerprint density at radius 1 is 1.47 bits per heavy atom. The molecular formula is C13H14ClNO4. The summed E-state index contributed by atoms with van der Waals surface area (Å²) in [6.45, 7) is 0.436. The molecule has 2 rings (SSSR count). The molecule has 5 nitrogen and oxygen atoms in total. The molecule has 1 atom stereocenters. The number of amides is 1. The van der Waals surface area contributed by atoms with Crippen LogP contribution in [0.1, 0.15) is 23.2 Å². The van der Waals surface area contributed by atoms with Crippen molar-refractivity contribution in [2.45, 2.75) is 18.9 Å². The third-order valence-corrected chi connectivity index (χ3v) is 3.43. The predicted molar refractivity (Wildman–Crippen MR) is 69.7 cm³/mol. The first-order valence-corrected chi connectivity index (χ1v) is 6.29. The molecular weight excluding hydrogens is 270 g/mol. The van der Waals surface area contributed by atoms with Crippen molar-refractivity contribution in [2.75, 3.05) is 13.7 Å². The summed E-state index contributed by atoms with van der Waals surface area (Å²) in [5.41, 5.74) is 0.295. The minimum absolute atomic E-state index is 0.295. The SMILES string of the molecule is COc1ccc(Cl)cc1C(=O)N1CCCC1C(=O)O. The third-order valence-electron chi connectivity index (χ3n) is 3.19. The Bertz CT molecular complexity index is 517. The minimum atomic E-state index is -0.980. The molecule has 19 heavy (non-hydrogen) atoms. The zero-order valence-electron chi connectivity index (χ0n) is 10.4. The van der Waals surface area contributed by atoms with Crippen molar-refractivity contribution in [2.24, 2.45) is 0 Å². The number of benzene rings is 1. The largest absolute Gasteiger partial charge is 0.496 e. The topological polar surface area (TPSA) is 66.8 Å². The van der Waals surface area contributed by atoms with Gasteiger partial charge in [-0.3, -0.25) is 4.79 Å². The van der Waals surface area contributed by atoms with Gasteiger partial charge in [-0.05, 0) is 31.0 Å². The van der Waals surface area contributed by atoms with Crippen molar-refractivity contribution >= 4 is 23.5 Å². The molecule has 1 saturated heterocycles. The molecule has 1 heterocycles. The van der Waals surface area contributed by atoms with Crippen LogP contribution in [-0.2, 0) is 4.79 Å². The number of likely N-dealkylation sites (tertiary alicyclic amines) is 1. The molecule has 0 spiro atoms. The zero-order valence-corrected chi connectivity index (χ0v) is 11.2. The Balaban J connectivity index is 2.33. The molecule has 1 aromatic carbocycles. The molecule has 6 heteroatoms. The molecule has 0 bridgehead atoms. The fourth-order valence-electron chi connectivity index (χ4n) is 2.27. The zero-order chi connectivity index (χ0) is 14.0. The van der Waals surface area contributed by atoms with Crippen LogP contribution in [0.25, 0.3) is 0 Å². The van der Waals surface area contributed by atoms with Gasteiger partial charge in [0, 0.05) is 11.6 Å². The van der Waals surface area contributed by atoms with Gasteiger partial charge in [0.1, 0.15) is 11.8 Å². The maximum Gasteiger partial charge on any atom is 0.326 e. The van der Waals surface area contributed by atoms with Crippen LogP contribution in [0.5, 0.6) is 5.75 Å². The first kappa shape index (κ1) is 13.7. The number of rotatable bonds is 3. The number of nitrogens with zero attached hydrogens (tertiary/aromatic N) is 1. The van der Waals surface area contributed by atoms with Crippen LogP contribution >= 0.6 is 11.6 Å². The highest BCUT2D eigenvalue weighted by Crippen LogP contribution is 2.27. The van der Waals surface area contributed by atoms with E-state index in [1.165, 1.54) is 18.1 Å². The summed E-state index contributed by atoms with van der Waals surface area (Å²) in [5, 5.41) is 9.52. The number of halogens is 1. The molecule has 1 N–H and O–H groups in total. The van der Waals surface area contributed by atoms with Gasteiger partial charge in [0.2, 0.25) is 0 Å². The van der Waals surface area contributed by atoms with Crippen LogP contribution < -0.4 is 4.74 Å². The van der Waals surface area contributed by atoms with Crippen LogP contribution in [0.2, 0.25) is 5.02 Å². The second-order valence-corrected chi connectivity index (χ2v) is 4.78. The molecule has 1 unspecified atom stereocenters. The van der Waals surface area contributed by atoms with Crippen molar-refractivity contribution in [1.82, 2.24) is 4.90 Å². The Morgan fingerprint density at radius 3 is 2.84 bits per heavy atom. The number of carboxylic acid groups (broad SMARTS) is 1. The van der Waals surface area contributed by atoms with Crippen LogP contribution in [0.4, 0.5) is 0 Å². The molecule has 0 aliphatic carbocycles. The predicted octanol–water partition coefficient (Wildman–Crippen LogP) is 2.04. The number of aliphatic carboxylic acids is 1. The van der Waals surface area contributed by atoms with E-state index in [9.17, 15) is 9.59 Å². The lowest BCUT2D eigenvalue weighted by Gasteiger charge is -2.22. The summed E-state index contributed by atoms with van der Waals surface area (Å²) in [6, 6.07) is 3.95. The lowest BCUT2D eigenvalue weighted by atomic mass is 10.1. The van der Waals surface area contributed by atoms with Gasteiger partial charge in [-0.15, -0.1) is 0 Å². The lowest BCUT2D eigenvalue weighted by Crippen LogP contribution is -2.40. The first-order valence-electron chi connectivity index (χ1n) is 5.92. The highest BCUT2D eigenvalue weighted by molar-refractivity contribution is 6.31. The average molecular weight is 284 g/mol. The quantitative estimate of drug-likeness (QED) is 0.922. The Labute approximate surface area is 115 Å². The van der Waals surface area contributed by atoms with Gasteiger partial charge in [-0.1, -0.05) is 11.6 Å². The number of carboxylic acids is 1. The molecule has 1 aromatic rings. The van der Waals surface area contributed by atoms with Gasteiger partial charge in [-0.25, -0.2) is 4.79 Å². The Hall–Kier alpha value is -1.75. The van der Waals surface area contributed by atoms with Gasteiger partial charge >= 0.3 is 5.97 Å². The van der Waals surface area contributed by atoms with E-state index in [0.717, 1.165) is 0 Å². The minimum Gasteiger partial charge on any atom is -0.496 e. The molecule has 0 radical (unpaired) electrons. The van der Waals surface area contributed by atoms with Gasteiger partial charge in [0.05, 0.1) is 12.7 Å². The van der Waals surface area contributed by atoms with Crippen molar-refractivity contribution in [3.05, 3.63) is 28.8 Å². The van der Waals surface area contributed by atoms with Crippen molar-refractivity contribution in [3.63, 3.8) is 0 Å². The Kier molecular flexibility index (Phi) is 3.95. The summed E-state index contributed by atoms with van der Waals surface area (Å²) < 4.78 is 5.12. The normalized spacial score (nSPS) is 18.4. The summed E-state index contributed by atoms with van der Waals surface area (Å²) in [7, 11) is 1.46. The second kappa shape index (κ2) is 5.48. The van der Waals surface area contributed by atoms with Gasteiger partial charge < -0.3 is 14.7 Å². The summed E-state index contributed by atoms with van der Waals surface area (Å²) >= 11 is 5.88. The summed E-state index contributed by atoms with van der Waals surface area (Å²) in [5.74, 6) is -0.943. The smallest absolute Gasteiger partial charge is 0.326 e. The molecule has 0 aromatic heterocycles. The third kappa shape index (κ3) is 2.66. The number of ether oxygens (including phenoxy) is 1. The van der Waals surface area contributed by atoms with E-state index in [0.29, 0.717) is 35.7 Å². The maximum atomic E-state index is 12.4. The van der Waals surface area contributed by atoms with E-state index >= 15 is 0 Å². The molecule has 1 amide bonds. The van der Waals surface area contributed by atoms with Crippen LogP contribution in [-0.4, -0.2) is 41.6 Å². The second-order valence-electron chi connectivity index (χ2n) is 4.34. The first-order chi connectivity index (χ1) is 9.04. The summed E-state index contributed by atoms with van der Waals surface area (Å²) in [6.07, 6.45) is 1.16. The summed E-state index contributed by atoms with van der Waals surface area (Å²) in [4.78, 5) is 24.9. The molecule has 1 aliphatic rings. The average Bonchev–Trinajstić information content (AvgIpc) is 2.87. The van der Waals surface area contributed by atoms with E-state index in [4.69, 9.17) is 21.4 Å². The highest BCUT2D eigenvalue weighted by atomic mass is 35.5. The number of carbonyl (C=O) groups is 2. The fraction of sp³-hybridized carbons (Fsp3) is 0.385. The lowest BCUT2D eigenvalue weighted by molar-refractivity contribution is -0.141. The van der Waals surface area contributed by atoms with Crippen LogP contribution in [0.3, 0.4) is 0 Å². The standard InChI is InChI=1S/C13H14ClNO4/c1-19-11-5-4-8(14)7-9(11)12(16)15-6-2-3-10(15)13(17)18/h4-5,7,10H,2-3,6H2,1H3,(H,17,18). The van der Waals surface area contributed by atoms with E-state index < -0.39 is 12.0 Å². The van der Waals surface area contributed by atoms with Crippen molar-refractivity contribution < 1.29 is 19.4 Å². The fourth-order valence-corrected chi connectivity index (χ4v) is 2.44. The number of carbonyl (C=O) groups excluding carboxylic acids is 1. The van der Waals surface area contributed by atoms with Gasteiger partial charge in [0.25, 0.3) is 5.91 Å². The van der Waals surface area contributed by atoms with Crippen LogP contribution in [0.15, 0.2) is 18.2 Å². The van der Waals surface area contributed by atoms with Crippen molar-refractivity contribution in [3.8, 4) is 5.75 Å². The van der Waals surface area contributed by atoms with Gasteiger partial charge in [0.15, 0.2) is 0 Å². The van der Waals surface area contributed by atoms with E-state index in [1.54, 1.807) is 12.1 Å². The molecule has 102 valence electrons. The Morgan fingerprint density at radius 2 is 2.21 bits per heavy atom. The molecule has 1 aliphatic heterocycles. The monoisotopic (exact) mass is 283 g/mol. The molecule has 0 saturated carbocycles. The highest BCUT2D eigenvalue weighted by Gasteiger charge is 2.35. The number of methoxy groups -OCH3 is 1. The molecule has 1 fully saturated rings. The van der Waals surface area contributed by atoms with E-state index in [1.807, 2.05) is 0 Å². The van der Waals surface area contributed by atoms with Gasteiger partial charge in [-0.2, -0.15) is 0 Å². The van der Waals surface area contributed by atoms with Crippen molar-refractivity contribution in [1.29, 1.82) is 0 Å². The van der Waals surface area contributed by atoms with E-state index in [-0.39, 0.29) is 5.91 Å². The number of hydrogen-bond donors (Lipinski definition) is 1. The number of hydrogen-bond acceptors (Lipinski definition) is 3. The van der Waals surface area contributed by atoms with E-state index in [2.05, 4.69) is 0 Å². The van der Waals surface area contributed by atoms with Crippen LogP contribution in [0, 0.1) is 0 Å².